The Kier molecular flexibility index (Phi) is 12.7. The van der Waals surface area contributed by atoms with Crippen molar-refractivity contribution >= 4 is 52.3 Å². The van der Waals surface area contributed by atoms with Gasteiger partial charge in [-0.1, -0.05) is 146 Å². The lowest BCUT2D eigenvalue weighted by molar-refractivity contribution is -0.143. The number of H-pyrrole nitrogens is 2. The zero-order valence-corrected chi connectivity index (χ0v) is 40.3. The average Bonchev–Trinajstić information content (AvgIpc) is 4.04. The van der Waals surface area contributed by atoms with Gasteiger partial charge in [-0.2, -0.15) is 0 Å². The van der Waals surface area contributed by atoms with E-state index in [0.29, 0.717) is 13.0 Å². The zero-order chi connectivity index (χ0) is 45.5. The molecule has 63 heavy (non-hydrogen) atoms. The number of aromatic nitrogens is 4. The van der Waals surface area contributed by atoms with Crippen LogP contribution in [-0.2, 0) is 37.6 Å². The summed E-state index contributed by atoms with van der Waals surface area (Å²) in [7, 11) is 0. The number of fused-ring (bicyclic) bond motifs is 8. The van der Waals surface area contributed by atoms with E-state index in [1.165, 1.54) is 22.3 Å². The molecule has 5 aromatic rings. The molecule has 0 aliphatic carbocycles. The standard InChI is InChI=1S/C57H70N4O2/c1-14-15-16-17-28-63-51(62)27-20-44-45-23-25-49(60-45)52(36-29-38(54(2,3)4)33-39(30-36)55(5,6)7)47-21-18-42(58-47)35-43-19-22-48(59-43)53(50-26-24-46(44)61-50)37-31-40(56(8,9)10)34-41(32-37)57(11,12)13/h18-19,21-26,29-35,58-59H,14-17,20,27-28H2,1-13H3. The van der Waals surface area contributed by atoms with Crippen LogP contribution in [0.25, 0.3) is 68.6 Å². The number of ether oxygens (including phenoxy) is 1. The highest BCUT2D eigenvalue weighted by Crippen LogP contribution is 2.40. The van der Waals surface area contributed by atoms with Gasteiger partial charge in [-0.3, -0.25) is 4.79 Å². The number of aromatic amines is 2. The molecule has 0 saturated carbocycles. The molecule has 5 heterocycles. The van der Waals surface area contributed by atoms with E-state index in [2.05, 4.69) is 191 Å². The second-order valence-corrected chi connectivity index (χ2v) is 21.8. The maximum atomic E-state index is 13.3. The molecule has 8 bridgehead atoms. The molecule has 6 nitrogen and oxygen atoms in total. The zero-order valence-electron chi connectivity index (χ0n) is 40.3. The minimum atomic E-state index is -0.194. The summed E-state index contributed by atoms with van der Waals surface area (Å²) in [6.07, 6.45) is 13.4. The fraction of sp³-hybridized carbons (Fsp3) is 0.421. The predicted molar refractivity (Wildman–Crippen MR) is 268 cm³/mol. The van der Waals surface area contributed by atoms with E-state index in [4.69, 9.17) is 14.7 Å². The number of hydrogen-bond donors (Lipinski definition) is 2. The van der Waals surface area contributed by atoms with E-state index in [-0.39, 0.29) is 34.1 Å². The van der Waals surface area contributed by atoms with Gasteiger partial charge in [0.2, 0.25) is 0 Å². The SMILES string of the molecule is CCCCCCOC(=O)CCc1c2nc(c(-c3cc(C(C)(C)C)cc(C(C)(C)C)c3)c3ccc(cc4ccc([nH]4)c(-c4cc(C(C)(C)C)cc(C(C)(C)C)c4)c4nc1C=C4)[nH]3)C=C2. The van der Waals surface area contributed by atoms with Crippen LogP contribution in [0, 0.1) is 0 Å². The number of carbonyl (C=O) groups excluding carboxylic acids is 1. The molecule has 2 aliphatic heterocycles. The van der Waals surface area contributed by atoms with Crippen LogP contribution in [-0.4, -0.2) is 32.5 Å². The van der Waals surface area contributed by atoms with Crippen LogP contribution >= 0.6 is 0 Å². The summed E-state index contributed by atoms with van der Waals surface area (Å²) in [6.45, 7) is 30.0. The predicted octanol–water partition coefficient (Wildman–Crippen LogP) is 15.2. The van der Waals surface area contributed by atoms with Gasteiger partial charge in [0.1, 0.15) is 0 Å². The van der Waals surface area contributed by atoms with Crippen LogP contribution < -0.4 is 0 Å². The lowest BCUT2D eigenvalue weighted by Gasteiger charge is -2.26. The highest BCUT2D eigenvalue weighted by Gasteiger charge is 2.25. The highest BCUT2D eigenvalue weighted by atomic mass is 16.5. The Morgan fingerprint density at radius 2 is 0.937 bits per heavy atom. The van der Waals surface area contributed by atoms with E-state index in [1.54, 1.807) is 0 Å². The van der Waals surface area contributed by atoms with E-state index in [9.17, 15) is 4.79 Å². The van der Waals surface area contributed by atoms with E-state index in [0.717, 1.165) is 98.3 Å². The Hall–Kier alpha value is -5.49. The maximum Gasteiger partial charge on any atom is 0.306 e. The van der Waals surface area contributed by atoms with Crippen LogP contribution in [0.3, 0.4) is 0 Å². The minimum Gasteiger partial charge on any atom is -0.466 e. The van der Waals surface area contributed by atoms with Crippen LogP contribution in [0.15, 0.2) is 66.7 Å². The Morgan fingerprint density at radius 1 is 0.524 bits per heavy atom. The first-order valence-electron chi connectivity index (χ1n) is 23.2. The molecule has 3 aromatic heterocycles. The van der Waals surface area contributed by atoms with Crippen LogP contribution in [0.1, 0.15) is 173 Å². The van der Waals surface area contributed by atoms with Gasteiger partial charge in [-0.25, -0.2) is 9.97 Å². The summed E-state index contributed by atoms with van der Waals surface area (Å²) in [6, 6.07) is 24.9. The Morgan fingerprint density at radius 3 is 1.33 bits per heavy atom. The topological polar surface area (TPSA) is 83.7 Å². The van der Waals surface area contributed by atoms with E-state index >= 15 is 0 Å². The van der Waals surface area contributed by atoms with Crippen molar-refractivity contribution in [2.75, 3.05) is 6.61 Å². The number of unbranched alkanes of at least 4 members (excludes halogenated alkanes) is 3. The molecule has 0 atom stereocenters. The second kappa shape index (κ2) is 17.6. The molecule has 6 heteroatoms. The second-order valence-electron chi connectivity index (χ2n) is 21.8. The summed E-state index contributed by atoms with van der Waals surface area (Å²) >= 11 is 0. The normalized spacial score (nSPS) is 13.2. The number of esters is 1. The summed E-state index contributed by atoms with van der Waals surface area (Å²) < 4.78 is 5.77. The average molecular weight is 843 g/mol. The largest absolute Gasteiger partial charge is 0.466 e. The van der Waals surface area contributed by atoms with Crippen molar-refractivity contribution in [3.63, 3.8) is 0 Å². The van der Waals surface area contributed by atoms with Gasteiger partial charge in [0.15, 0.2) is 0 Å². The lowest BCUT2D eigenvalue weighted by atomic mass is 9.78. The minimum absolute atomic E-state index is 0.0650. The summed E-state index contributed by atoms with van der Waals surface area (Å²) in [4.78, 5) is 31.9. The third kappa shape index (κ3) is 10.5. The highest BCUT2D eigenvalue weighted by molar-refractivity contribution is 5.94. The first-order chi connectivity index (χ1) is 29.6. The maximum absolute atomic E-state index is 13.3. The van der Waals surface area contributed by atoms with Gasteiger partial charge < -0.3 is 14.7 Å². The Balaban J connectivity index is 1.53. The number of carbonyl (C=O) groups is 1. The molecule has 2 aliphatic rings. The van der Waals surface area contributed by atoms with Crippen LogP contribution in [0.5, 0.6) is 0 Å². The third-order valence-electron chi connectivity index (χ3n) is 12.4. The van der Waals surface area contributed by atoms with Crippen molar-refractivity contribution in [3.05, 3.63) is 117 Å². The van der Waals surface area contributed by atoms with E-state index in [1.807, 2.05) is 0 Å². The van der Waals surface area contributed by atoms with Crippen molar-refractivity contribution in [1.82, 2.24) is 19.9 Å². The summed E-state index contributed by atoms with van der Waals surface area (Å²) in [5.41, 5.74) is 17.3. The number of rotatable bonds is 10. The van der Waals surface area contributed by atoms with Gasteiger partial charge in [0, 0.05) is 45.2 Å². The van der Waals surface area contributed by atoms with Crippen LogP contribution in [0.2, 0.25) is 0 Å². The molecule has 0 saturated heterocycles. The monoisotopic (exact) mass is 843 g/mol. The molecule has 0 fully saturated rings. The molecule has 2 N–H and O–H groups in total. The fourth-order valence-electron chi connectivity index (χ4n) is 8.35. The fourth-order valence-corrected chi connectivity index (χ4v) is 8.35. The smallest absolute Gasteiger partial charge is 0.306 e. The molecular formula is C57H70N4O2. The van der Waals surface area contributed by atoms with Crippen molar-refractivity contribution in [2.45, 2.75) is 150 Å². The lowest BCUT2D eigenvalue weighted by Crippen LogP contribution is -2.16. The third-order valence-corrected chi connectivity index (χ3v) is 12.4. The first kappa shape index (κ1) is 45.5. The molecule has 7 rings (SSSR count). The van der Waals surface area contributed by atoms with Crippen molar-refractivity contribution in [3.8, 4) is 22.3 Å². The van der Waals surface area contributed by atoms with E-state index < -0.39 is 0 Å². The number of hydrogen-bond acceptors (Lipinski definition) is 4. The first-order valence-corrected chi connectivity index (χ1v) is 23.2. The summed E-state index contributed by atoms with van der Waals surface area (Å²) in [5.74, 6) is -0.194. The molecule has 2 aromatic carbocycles. The number of nitrogens with zero attached hydrogens (tertiary/aromatic N) is 2. The Labute approximate surface area is 376 Å². The van der Waals surface area contributed by atoms with Gasteiger partial charge >= 0.3 is 5.97 Å². The van der Waals surface area contributed by atoms with Crippen molar-refractivity contribution < 1.29 is 9.53 Å². The number of benzene rings is 2. The molecule has 330 valence electrons. The molecule has 0 unspecified atom stereocenters. The summed E-state index contributed by atoms with van der Waals surface area (Å²) in [5, 5.41) is 0. The molecule has 0 radical (unpaired) electrons. The van der Waals surface area contributed by atoms with Gasteiger partial charge in [0.05, 0.1) is 29.4 Å². The van der Waals surface area contributed by atoms with Crippen LogP contribution in [0.4, 0.5) is 0 Å². The molecule has 0 amide bonds. The number of nitrogens with one attached hydrogen (secondary N) is 2. The van der Waals surface area contributed by atoms with Gasteiger partial charge in [-0.15, -0.1) is 0 Å². The van der Waals surface area contributed by atoms with Gasteiger partial charge in [-0.05, 0) is 123 Å². The van der Waals surface area contributed by atoms with Crippen molar-refractivity contribution in [1.29, 1.82) is 0 Å². The molecular weight excluding hydrogens is 773 g/mol. The molecule has 0 spiro atoms. The van der Waals surface area contributed by atoms with Crippen molar-refractivity contribution in [2.24, 2.45) is 0 Å². The quantitative estimate of drug-likeness (QED) is 0.106. The van der Waals surface area contributed by atoms with Gasteiger partial charge in [0.25, 0.3) is 0 Å². The Bertz CT molecular complexity index is 2510.